The van der Waals surface area contributed by atoms with Crippen LogP contribution in [0.5, 0.6) is 5.19 Å². The highest BCUT2D eigenvalue weighted by Crippen LogP contribution is 2.23. The average Bonchev–Trinajstić information content (AvgIpc) is 2.62. The van der Waals surface area contributed by atoms with Gasteiger partial charge in [0.05, 0.1) is 18.3 Å². The Labute approximate surface area is 99.1 Å². The number of sulfonamides is 1. The van der Waals surface area contributed by atoms with Gasteiger partial charge in [0, 0.05) is 11.6 Å². The Balaban J connectivity index is 1.87. The third-order valence-corrected chi connectivity index (χ3v) is 5.32. The molecule has 1 aliphatic rings. The number of hydrogen-bond donors (Lipinski definition) is 0. The molecule has 0 unspecified atom stereocenters. The first-order chi connectivity index (χ1) is 7.50. The highest BCUT2D eigenvalue weighted by atomic mass is 32.2. The topological polar surface area (TPSA) is 59.5 Å². The van der Waals surface area contributed by atoms with Gasteiger partial charge in [-0.25, -0.2) is 13.4 Å². The first kappa shape index (κ1) is 11.8. The van der Waals surface area contributed by atoms with Crippen LogP contribution in [-0.2, 0) is 10.0 Å². The molecule has 1 aromatic heterocycles. The molecule has 0 bridgehead atoms. The zero-order valence-electron chi connectivity index (χ0n) is 9.16. The van der Waals surface area contributed by atoms with E-state index in [9.17, 15) is 8.42 Å². The fourth-order valence-corrected chi connectivity index (χ4v) is 3.29. The lowest BCUT2D eigenvalue weighted by atomic mass is 10.2. The zero-order valence-corrected chi connectivity index (χ0v) is 10.8. The van der Waals surface area contributed by atoms with E-state index in [1.807, 2.05) is 5.38 Å². The van der Waals surface area contributed by atoms with Crippen LogP contribution < -0.4 is 4.74 Å². The molecule has 2 heterocycles. The van der Waals surface area contributed by atoms with E-state index in [0.29, 0.717) is 18.3 Å². The minimum atomic E-state index is -3.12. The summed E-state index contributed by atoms with van der Waals surface area (Å²) in [6.07, 6.45) is 1.61. The van der Waals surface area contributed by atoms with Crippen LogP contribution in [0.4, 0.5) is 0 Å². The molecule has 0 amide bonds. The van der Waals surface area contributed by atoms with Crippen molar-refractivity contribution in [2.45, 2.75) is 25.2 Å². The van der Waals surface area contributed by atoms with Gasteiger partial charge in [0.1, 0.15) is 6.10 Å². The van der Waals surface area contributed by atoms with Gasteiger partial charge >= 0.3 is 0 Å². The van der Waals surface area contributed by atoms with Gasteiger partial charge < -0.3 is 4.74 Å². The molecule has 0 radical (unpaired) electrons. The Hall–Kier alpha value is -0.660. The van der Waals surface area contributed by atoms with Gasteiger partial charge in [0.2, 0.25) is 10.0 Å². The fourth-order valence-electron chi connectivity index (χ4n) is 1.39. The molecule has 0 N–H and O–H groups in total. The number of nitrogens with zero attached hydrogens (tertiary/aromatic N) is 2. The van der Waals surface area contributed by atoms with Crippen LogP contribution in [0.3, 0.4) is 0 Å². The van der Waals surface area contributed by atoms with E-state index in [1.165, 1.54) is 15.6 Å². The van der Waals surface area contributed by atoms with Crippen LogP contribution in [0.2, 0.25) is 0 Å². The molecule has 0 aliphatic carbocycles. The van der Waals surface area contributed by atoms with Crippen molar-refractivity contribution in [3.8, 4) is 5.19 Å². The van der Waals surface area contributed by atoms with E-state index < -0.39 is 10.0 Å². The fraction of sp³-hybridized carbons (Fsp3) is 0.667. The third kappa shape index (κ3) is 2.21. The van der Waals surface area contributed by atoms with Gasteiger partial charge in [-0.15, -0.1) is 0 Å². The SMILES string of the molecule is CC(C)S(=O)(=O)N1CC(Oc2nccs2)C1. The van der Waals surface area contributed by atoms with Crippen molar-refractivity contribution in [3.63, 3.8) is 0 Å². The van der Waals surface area contributed by atoms with Crippen molar-refractivity contribution in [1.29, 1.82) is 0 Å². The number of ether oxygens (including phenoxy) is 1. The van der Waals surface area contributed by atoms with Crippen molar-refractivity contribution < 1.29 is 13.2 Å². The zero-order chi connectivity index (χ0) is 11.8. The summed E-state index contributed by atoms with van der Waals surface area (Å²) in [5, 5.41) is 2.07. The lowest BCUT2D eigenvalue weighted by Crippen LogP contribution is -2.57. The molecule has 90 valence electrons. The molecule has 2 rings (SSSR count). The van der Waals surface area contributed by atoms with Gasteiger partial charge in [0.25, 0.3) is 5.19 Å². The minimum absolute atomic E-state index is 0.0559. The summed E-state index contributed by atoms with van der Waals surface area (Å²) in [5.41, 5.74) is 0. The molecule has 0 atom stereocenters. The quantitative estimate of drug-likeness (QED) is 0.810. The molecule has 1 aliphatic heterocycles. The van der Waals surface area contributed by atoms with Crippen molar-refractivity contribution in [2.75, 3.05) is 13.1 Å². The van der Waals surface area contributed by atoms with Crippen LogP contribution in [-0.4, -0.2) is 42.2 Å². The number of hydrogen-bond acceptors (Lipinski definition) is 5. The molecular formula is C9H14N2O3S2. The highest BCUT2D eigenvalue weighted by molar-refractivity contribution is 7.89. The summed E-state index contributed by atoms with van der Waals surface area (Å²) >= 11 is 1.41. The predicted octanol–water partition coefficient (Wildman–Crippen LogP) is 0.944. The second-order valence-electron chi connectivity index (χ2n) is 3.95. The third-order valence-electron chi connectivity index (χ3n) is 2.45. The van der Waals surface area contributed by atoms with Crippen molar-refractivity contribution in [2.24, 2.45) is 0 Å². The van der Waals surface area contributed by atoms with E-state index in [1.54, 1.807) is 20.0 Å². The summed E-state index contributed by atoms with van der Waals surface area (Å²) in [4.78, 5) is 3.99. The lowest BCUT2D eigenvalue weighted by Gasteiger charge is -2.38. The van der Waals surface area contributed by atoms with E-state index in [2.05, 4.69) is 4.98 Å². The smallest absolute Gasteiger partial charge is 0.273 e. The van der Waals surface area contributed by atoms with Crippen LogP contribution in [0.25, 0.3) is 0 Å². The molecule has 0 aromatic carbocycles. The van der Waals surface area contributed by atoms with Crippen LogP contribution in [0.15, 0.2) is 11.6 Å². The normalized spacial score (nSPS) is 18.7. The summed E-state index contributed by atoms with van der Waals surface area (Å²) in [6.45, 7) is 4.23. The molecule has 1 fully saturated rings. The van der Waals surface area contributed by atoms with Crippen LogP contribution in [0, 0.1) is 0 Å². The molecule has 7 heteroatoms. The maximum atomic E-state index is 11.7. The van der Waals surface area contributed by atoms with Gasteiger partial charge in [-0.1, -0.05) is 11.3 Å². The van der Waals surface area contributed by atoms with Crippen molar-refractivity contribution in [3.05, 3.63) is 11.6 Å². The number of rotatable bonds is 4. The van der Waals surface area contributed by atoms with E-state index in [4.69, 9.17) is 4.74 Å². The Morgan fingerprint density at radius 1 is 1.56 bits per heavy atom. The van der Waals surface area contributed by atoms with E-state index in [0.717, 1.165) is 0 Å². The van der Waals surface area contributed by atoms with Gasteiger partial charge in [0.15, 0.2) is 0 Å². The standard InChI is InChI=1S/C9H14N2O3S2/c1-7(2)16(12,13)11-5-8(6-11)14-9-10-3-4-15-9/h3-4,7-8H,5-6H2,1-2H3. The molecule has 5 nitrogen and oxygen atoms in total. The monoisotopic (exact) mass is 262 g/mol. The average molecular weight is 262 g/mol. The van der Waals surface area contributed by atoms with Gasteiger partial charge in [-0.2, -0.15) is 4.31 Å². The summed E-state index contributed by atoms with van der Waals surface area (Å²) in [7, 11) is -3.12. The molecule has 16 heavy (non-hydrogen) atoms. The Bertz CT molecular complexity index is 435. The lowest BCUT2D eigenvalue weighted by molar-refractivity contribution is 0.0754. The molecule has 1 aromatic rings. The van der Waals surface area contributed by atoms with Crippen molar-refractivity contribution in [1.82, 2.24) is 9.29 Å². The van der Waals surface area contributed by atoms with Crippen LogP contribution in [0.1, 0.15) is 13.8 Å². The largest absolute Gasteiger partial charge is 0.464 e. The maximum Gasteiger partial charge on any atom is 0.273 e. The summed E-state index contributed by atoms with van der Waals surface area (Å²) < 4.78 is 30.4. The maximum absolute atomic E-state index is 11.7. The summed E-state index contributed by atoms with van der Waals surface area (Å²) in [6, 6.07) is 0. The highest BCUT2D eigenvalue weighted by Gasteiger charge is 2.38. The van der Waals surface area contributed by atoms with Gasteiger partial charge in [-0.05, 0) is 13.8 Å². The second kappa shape index (κ2) is 4.31. The second-order valence-corrected chi connectivity index (χ2v) is 7.29. The molecule has 0 spiro atoms. The molecule has 1 saturated heterocycles. The van der Waals surface area contributed by atoms with E-state index >= 15 is 0 Å². The minimum Gasteiger partial charge on any atom is -0.464 e. The van der Waals surface area contributed by atoms with Gasteiger partial charge in [-0.3, -0.25) is 0 Å². The molecular weight excluding hydrogens is 248 g/mol. The predicted molar refractivity (Wildman–Crippen MR) is 62.2 cm³/mol. The molecule has 0 saturated carbocycles. The Morgan fingerprint density at radius 3 is 2.75 bits per heavy atom. The number of aromatic nitrogens is 1. The Kier molecular flexibility index (Phi) is 3.18. The summed E-state index contributed by atoms with van der Waals surface area (Å²) in [5.74, 6) is 0. The van der Waals surface area contributed by atoms with Crippen LogP contribution >= 0.6 is 11.3 Å². The first-order valence-electron chi connectivity index (χ1n) is 5.05. The Morgan fingerprint density at radius 2 is 2.25 bits per heavy atom. The first-order valence-corrected chi connectivity index (χ1v) is 7.43. The van der Waals surface area contributed by atoms with E-state index in [-0.39, 0.29) is 11.4 Å². The number of thiazole rings is 1. The van der Waals surface area contributed by atoms with Crippen molar-refractivity contribution >= 4 is 21.4 Å².